The topological polar surface area (TPSA) is 68.2 Å². The Bertz CT molecular complexity index is 1030. The summed E-state index contributed by atoms with van der Waals surface area (Å²) in [6.45, 7) is 0.518. The Labute approximate surface area is 230 Å². The minimum Gasteiger partial charge on any atom is -0.497 e. The Hall–Kier alpha value is -1.71. The van der Waals surface area contributed by atoms with Gasteiger partial charge in [0, 0.05) is 69.6 Å². The molecule has 3 aromatic carbocycles. The molecule has 0 bridgehead atoms. The van der Waals surface area contributed by atoms with Crippen molar-refractivity contribution in [1.82, 2.24) is 4.90 Å². The van der Waals surface area contributed by atoms with Gasteiger partial charge < -0.3 is 19.3 Å². The van der Waals surface area contributed by atoms with Crippen LogP contribution in [0.2, 0.25) is 0 Å². The van der Waals surface area contributed by atoms with Crippen molar-refractivity contribution >= 4 is 57.4 Å². The molecule has 0 saturated carbocycles. The van der Waals surface area contributed by atoms with Crippen LogP contribution in [0.3, 0.4) is 0 Å². The third kappa shape index (κ3) is 5.26. The first-order valence-corrected chi connectivity index (χ1v) is 10.1. The molecule has 1 unspecified atom stereocenters. The van der Waals surface area contributed by atoms with Gasteiger partial charge in [-0.1, -0.05) is 60.7 Å². The second kappa shape index (κ2) is 11.4. The number of carboxylic acids is 1. The summed E-state index contributed by atoms with van der Waals surface area (Å²) in [5.41, 5.74) is 2.71. The average Bonchev–Trinajstić information content (AvgIpc) is 3.19. The number of carboxylic acid groups (broad SMARTS) is 1. The Morgan fingerprint density at radius 3 is 2.22 bits per heavy atom. The minimum atomic E-state index is -1.03. The van der Waals surface area contributed by atoms with Crippen molar-refractivity contribution in [3.05, 3.63) is 95.6 Å². The number of methoxy groups -OCH3 is 2. The van der Waals surface area contributed by atoms with Crippen LogP contribution in [0.15, 0.2) is 78.9 Å². The van der Waals surface area contributed by atoms with Gasteiger partial charge in [-0.2, -0.15) is 0 Å². The first-order valence-electron chi connectivity index (χ1n) is 10.1. The quantitative estimate of drug-likeness (QED) is 0.539. The number of hydrogen-bond acceptors (Lipinski definition) is 5. The molecule has 1 heterocycles. The van der Waals surface area contributed by atoms with Gasteiger partial charge in [0.2, 0.25) is 0 Å². The molecule has 6 nitrogen and oxygen atoms in total. The SMILES string of the molecule is COc1ccc(C2O[C@@H](C(=O)O)[C@H](c3ccccc3)N2Cc2ccccc2)c(OC)c1.[K]. The van der Waals surface area contributed by atoms with E-state index in [2.05, 4.69) is 4.90 Å². The van der Waals surface area contributed by atoms with E-state index in [0.717, 1.165) is 16.7 Å². The predicted octanol–water partition coefficient (Wildman–Crippen LogP) is 4.05. The summed E-state index contributed by atoms with van der Waals surface area (Å²) in [4.78, 5) is 14.3. The van der Waals surface area contributed by atoms with Gasteiger partial charge in [-0.05, 0) is 23.3 Å². The van der Waals surface area contributed by atoms with Crippen LogP contribution in [0.1, 0.15) is 29.0 Å². The molecule has 32 heavy (non-hydrogen) atoms. The molecule has 1 aliphatic heterocycles. The molecule has 1 fully saturated rings. The fourth-order valence-corrected chi connectivity index (χ4v) is 4.07. The Kier molecular flexibility index (Phi) is 8.90. The van der Waals surface area contributed by atoms with Crippen LogP contribution in [0.5, 0.6) is 11.5 Å². The van der Waals surface area contributed by atoms with E-state index in [0.29, 0.717) is 18.0 Å². The molecule has 1 saturated heterocycles. The number of ether oxygens (including phenoxy) is 3. The zero-order chi connectivity index (χ0) is 21.8. The molecule has 3 aromatic rings. The minimum absolute atomic E-state index is 0. The number of rotatable bonds is 7. The van der Waals surface area contributed by atoms with Crippen molar-refractivity contribution in [3.8, 4) is 11.5 Å². The maximum absolute atomic E-state index is 12.2. The molecular weight excluding hydrogens is 433 g/mol. The van der Waals surface area contributed by atoms with Gasteiger partial charge in [-0.25, -0.2) is 4.79 Å². The van der Waals surface area contributed by atoms with Crippen LogP contribution in [0, 0.1) is 0 Å². The van der Waals surface area contributed by atoms with E-state index in [1.807, 2.05) is 72.8 Å². The average molecular weight is 459 g/mol. The van der Waals surface area contributed by atoms with Crippen molar-refractivity contribution in [2.24, 2.45) is 0 Å². The molecule has 0 aromatic heterocycles. The van der Waals surface area contributed by atoms with Crippen LogP contribution >= 0.6 is 0 Å². The summed E-state index contributed by atoms with van der Waals surface area (Å²) in [5, 5.41) is 10.00. The monoisotopic (exact) mass is 458 g/mol. The molecular formula is C25H25KNO5. The zero-order valence-corrected chi connectivity index (χ0v) is 21.6. The van der Waals surface area contributed by atoms with Crippen molar-refractivity contribution in [2.45, 2.75) is 24.9 Å². The summed E-state index contributed by atoms with van der Waals surface area (Å²) in [6.07, 6.45) is -1.63. The van der Waals surface area contributed by atoms with E-state index in [1.54, 1.807) is 20.3 Å². The molecule has 1 aliphatic rings. The molecule has 1 radical (unpaired) electrons. The van der Waals surface area contributed by atoms with Crippen molar-refractivity contribution in [1.29, 1.82) is 0 Å². The third-order valence-electron chi connectivity index (χ3n) is 5.52. The standard InChI is InChI=1S/C25H25NO5.K/c1-29-19-13-14-20(21(15-19)30-2)24-26(16-17-9-5-3-6-10-17)22(23(31-24)25(27)28)18-11-7-4-8-12-18;/h3-15,22-24H,16H2,1-2H3,(H,27,28);/t22-,23+,24?;/m0./s1. The number of aliphatic carboxylic acids is 1. The van der Waals surface area contributed by atoms with Crippen molar-refractivity contribution < 1.29 is 24.1 Å². The summed E-state index contributed by atoms with van der Waals surface area (Å²) in [5.74, 6) is 0.241. The summed E-state index contributed by atoms with van der Waals surface area (Å²) >= 11 is 0. The predicted molar refractivity (Wildman–Crippen MR) is 122 cm³/mol. The molecule has 0 amide bonds. The normalized spacial score (nSPS) is 20.4. The van der Waals surface area contributed by atoms with Gasteiger partial charge in [0.1, 0.15) is 17.7 Å². The third-order valence-corrected chi connectivity index (χ3v) is 5.52. The van der Waals surface area contributed by atoms with Crippen molar-refractivity contribution in [3.63, 3.8) is 0 Å². The largest absolute Gasteiger partial charge is 0.497 e. The summed E-state index contributed by atoms with van der Waals surface area (Å²) in [7, 11) is 3.17. The number of benzene rings is 3. The van der Waals surface area contributed by atoms with Gasteiger partial charge in [0.05, 0.1) is 20.3 Å². The van der Waals surface area contributed by atoms with E-state index in [1.165, 1.54) is 0 Å². The Morgan fingerprint density at radius 1 is 0.969 bits per heavy atom. The summed E-state index contributed by atoms with van der Waals surface area (Å²) in [6, 6.07) is 24.6. The number of hydrogen-bond donors (Lipinski definition) is 1. The first-order chi connectivity index (χ1) is 15.1. The Balaban J connectivity index is 0.00000289. The molecule has 0 aliphatic carbocycles. The fraction of sp³-hybridized carbons (Fsp3) is 0.240. The van der Waals surface area contributed by atoms with E-state index in [-0.39, 0.29) is 51.4 Å². The van der Waals surface area contributed by atoms with Crippen LogP contribution in [0.4, 0.5) is 0 Å². The molecule has 0 spiro atoms. The maximum Gasteiger partial charge on any atom is 0.334 e. The van der Waals surface area contributed by atoms with E-state index >= 15 is 0 Å². The molecule has 7 heteroatoms. The molecule has 161 valence electrons. The maximum atomic E-state index is 12.2. The number of nitrogens with zero attached hydrogens (tertiary/aromatic N) is 1. The van der Waals surface area contributed by atoms with E-state index < -0.39 is 24.3 Å². The van der Waals surface area contributed by atoms with Gasteiger partial charge >= 0.3 is 5.97 Å². The molecule has 3 atom stereocenters. The zero-order valence-electron chi connectivity index (χ0n) is 18.5. The van der Waals surface area contributed by atoms with E-state index in [4.69, 9.17) is 14.2 Å². The van der Waals surface area contributed by atoms with Crippen molar-refractivity contribution in [2.75, 3.05) is 14.2 Å². The van der Waals surface area contributed by atoms with Gasteiger partial charge in [-0.15, -0.1) is 0 Å². The first kappa shape index (κ1) is 24.9. The summed E-state index contributed by atoms with van der Waals surface area (Å²) < 4.78 is 17.1. The van der Waals surface area contributed by atoms with Gasteiger partial charge in [0.25, 0.3) is 0 Å². The molecule has 4 rings (SSSR count). The van der Waals surface area contributed by atoms with Crippen LogP contribution in [-0.2, 0) is 16.1 Å². The fourth-order valence-electron chi connectivity index (χ4n) is 4.07. The molecule has 1 N–H and O–H groups in total. The Morgan fingerprint density at radius 2 is 1.62 bits per heavy atom. The van der Waals surface area contributed by atoms with Crippen LogP contribution in [-0.4, -0.2) is 87.7 Å². The second-order valence-corrected chi connectivity index (χ2v) is 7.37. The smallest absolute Gasteiger partial charge is 0.334 e. The van der Waals surface area contributed by atoms with Crippen LogP contribution in [0.25, 0.3) is 0 Å². The van der Waals surface area contributed by atoms with Gasteiger partial charge in [-0.3, -0.25) is 4.90 Å². The number of carbonyl (C=O) groups is 1. The van der Waals surface area contributed by atoms with Gasteiger partial charge in [0.15, 0.2) is 6.10 Å². The van der Waals surface area contributed by atoms with E-state index in [9.17, 15) is 9.90 Å². The van der Waals surface area contributed by atoms with Crippen LogP contribution < -0.4 is 9.47 Å². The second-order valence-electron chi connectivity index (χ2n) is 7.37.